The van der Waals surface area contributed by atoms with E-state index in [1.165, 1.54) is 42.8 Å². The smallest absolute Gasteiger partial charge is 0.391 e. The molecule has 0 aliphatic rings. The molecule has 170 valence electrons. The Kier molecular flexibility index (Phi) is 6.94. The van der Waals surface area contributed by atoms with Gasteiger partial charge in [-0.15, -0.1) is 0 Å². The van der Waals surface area contributed by atoms with Crippen LogP contribution in [0.1, 0.15) is 34.7 Å². The van der Waals surface area contributed by atoms with Gasteiger partial charge in [0.2, 0.25) is 0 Å². The highest BCUT2D eigenvalue weighted by Crippen LogP contribution is 2.33. The van der Waals surface area contributed by atoms with Crippen molar-refractivity contribution in [3.05, 3.63) is 64.2 Å². The average molecular weight is 468 g/mol. The van der Waals surface area contributed by atoms with Gasteiger partial charge in [0.25, 0.3) is 0 Å². The number of alkyl halides is 6. The molecule has 2 aromatic rings. The second-order valence-electron chi connectivity index (χ2n) is 6.71. The molecule has 0 atom stereocenters. The van der Waals surface area contributed by atoms with Crippen molar-refractivity contribution in [3.8, 4) is 0 Å². The standard InChI is InChI=1S/C19H18F6N2O3S/c1-11-5-7-17(27-31(28,29)19(23,24)25)15(8-11)13(3)26-30-10-14-6-4-12(2)9-16(14)18(20,21)22/h4-9,27H,10H2,1-3H3/b26-13+. The number of hydrogen-bond donors (Lipinski definition) is 1. The first-order valence-corrected chi connectivity index (χ1v) is 10.1. The van der Waals surface area contributed by atoms with E-state index in [0.29, 0.717) is 11.1 Å². The highest BCUT2D eigenvalue weighted by molar-refractivity contribution is 7.93. The molecule has 0 unspecified atom stereocenters. The lowest BCUT2D eigenvalue weighted by molar-refractivity contribution is -0.138. The summed E-state index contributed by atoms with van der Waals surface area (Å²) in [5.74, 6) is 0. The molecule has 12 heteroatoms. The summed E-state index contributed by atoms with van der Waals surface area (Å²) < 4.78 is 102. The summed E-state index contributed by atoms with van der Waals surface area (Å²) in [4.78, 5) is 4.99. The van der Waals surface area contributed by atoms with Crippen molar-refractivity contribution < 1.29 is 39.6 Å². The highest BCUT2D eigenvalue weighted by Gasteiger charge is 2.46. The predicted octanol–water partition coefficient (Wildman–Crippen LogP) is 5.52. The summed E-state index contributed by atoms with van der Waals surface area (Å²) in [5, 5.41) is 3.66. The highest BCUT2D eigenvalue weighted by atomic mass is 32.2. The first-order chi connectivity index (χ1) is 14.1. The molecule has 2 rings (SSSR count). The zero-order valence-corrected chi connectivity index (χ0v) is 17.3. The number of aryl methyl sites for hydroxylation is 2. The van der Waals surface area contributed by atoms with Gasteiger partial charge in [-0.3, -0.25) is 4.72 Å². The molecule has 0 aliphatic heterocycles. The fourth-order valence-corrected chi connectivity index (χ4v) is 3.16. The average Bonchev–Trinajstić information content (AvgIpc) is 2.62. The summed E-state index contributed by atoms with van der Waals surface area (Å²) in [6.45, 7) is 3.88. The van der Waals surface area contributed by atoms with Crippen LogP contribution in [-0.4, -0.2) is 19.6 Å². The third-order valence-electron chi connectivity index (χ3n) is 4.11. The second-order valence-corrected chi connectivity index (χ2v) is 8.38. The summed E-state index contributed by atoms with van der Waals surface area (Å²) in [7, 11) is -5.68. The lowest BCUT2D eigenvalue weighted by Crippen LogP contribution is -2.30. The molecule has 0 aromatic heterocycles. The number of nitrogens with zero attached hydrogens (tertiary/aromatic N) is 1. The monoisotopic (exact) mass is 468 g/mol. The van der Waals surface area contributed by atoms with Crippen molar-refractivity contribution in [3.63, 3.8) is 0 Å². The summed E-state index contributed by atoms with van der Waals surface area (Å²) in [5.41, 5.74) is -6.09. The Hall–Kier alpha value is -2.76. The Morgan fingerprint density at radius 1 is 1.00 bits per heavy atom. The summed E-state index contributed by atoms with van der Waals surface area (Å²) in [6.07, 6.45) is -4.61. The van der Waals surface area contributed by atoms with Crippen LogP contribution in [0.5, 0.6) is 0 Å². The van der Waals surface area contributed by atoms with Crippen molar-refractivity contribution in [2.75, 3.05) is 4.72 Å². The van der Waals surface area contributed by atoms with Gasteiger partial charge in [0.15, 0.2) is 0 Å². The quantitative estimate of drug-likeness (QED) is 0.345. The van der Waals surface area contributed by atoms with Crippen LogP contribution in [0.4, 0.5) is 32.0 Å². The van der Waals surface area contributed by atoms with Crippen molar-refractivity contribution in [2.45, 2.75) is 39.1 Å². The lowest BCUT2D eigenvalue weighted by atomic mass is 10.0. The maximum atomic E-state index is 13.2. The maximum absolute atomic E-state index is 13.2. The number of nitrogens with one attached hydrogen (secondary N) is 1. The van der Waals surface area contributed by atoms with E-state index in [1.807, 2.05) is 0 Å². The van der Waals surface area contributed by atoms with Crippen LogP contribution in [-0.2, 0) is 27.6 Å². The molecule has 1 N–H and O–H groups in total. The zero-order valence-electron chi connectivity index (χ0n) is 16.5. The molecule has 0 saturated carbocycles. The number of rotatable bonds is 6. The molecule has 0 aliphatic carbocycles. The van der Waals surface area contributed by atoms with E-state index in [-0.39, 0.29) is 16.8 Å². The molecule has 0 saturated heterocycles. The van der Waals surface area contributed by atoms with Crippen LogP contribution in [0.2, 0.25) is 0 Å². The van der Waals surface area contributed by atoms with E-state index in [0.717, 1.165) is 12.1 Å². The number of benzene rings is 2. The van der Waals surface area contributed by atoms with E-state index < -0.39 is 39.6 Å². The minimum atomic E-state index is -5.68. The van der Waals surface area contributed by atoms with Gasteiger partial charge in [0.1, 0.15) is 6.61 Å². The molecular formula is C19H18F6N2O3S. The van der Waals surface area contributed by atoms with E-state index >= 15 is 0 Å². The Bertz CT molecular complexity index is 1090. The van der Waals surface area contributed by atoms with Gasteiger partial charge in [0.05, 0.1) is 17.0 Å². The van der Waals surface area contributed by atoms with Crippen LogP contribution in [0.15, 0.2) is 41.6 Å². The molecule has 0 amide bonds. The van der Waals surface area contributed by atoms with Gasteiger partial charge in [0, 0.05) is 11.1 Å². The minimum absolute atomic E-state index is 0.0206. The first kappa shape index (κ1) is 24.5. The van der Waals surface area contributed by atoms with Crippen molar-refractivity contribution in [2.24, 2.45) is 5.16 Å². The van der Waals surface area contributed by atoms with Gasteiger partial charge in [-0.1, -0.05) is 34.5 Å². The predicted molar refractivity (Wildman–Crippen MR) is 103 cm³/mol. The zero-order chi connectivity index (χ0) is 23.6. The Balaban J connectivity index is 2.30. The van der Waals surface area contributed by atoms with Crippen molar-refractivity contribution in [1.82, 2.24) is 0 Å². The number of halogens is 6. The van der Waals surface area contributed by atoms with Crippen molar-refractivity contribution >= 4 is 21.4 Å². The van der Waals surface area contributed by atoms with Crippen LogP contribution >= 0.6 is 0 Å². The van der Waals surface area contributed by atoms with Gasteiger partial charge >= 0.3 is 21.7 Å². The fourth-order valence-electron chi connectivity index (χ4n) is 2.58. The van der Waals surface area contributed by atoms with Gasteiger partial charge < -0.3 is 4.84 Å². The van der Waals surface area contributed by atoms with E-state index in [9.17, 15) is 34.8 Å². The van der Waals surface area contributed by atoms with Crippen LogP contribution in [0, 0.1) is 13.8 Å². The molecule has 31 heavy (non-hydrogen) atoms. The Labute approximate surface area is 174 Å². The van der Waals surface area contributed by atoms with Gasteiger partial charge in [-0.25, -0.2) is 0 Å². The summed E-state index contributed by atoms with van der Waals surface area (Å²) >= 11 is 0. The van der Waals surface area contributed by atoms with E-state index in [4.69, 9.17) is 4.84 Å². The summed E-state index contributed by atoms with van der Waals surface area (Å²) in [6, 6.07) is 7.53. The van der Waals surface area contributed by atoms with Crippen LogP contribution in [0.25, 0.3) is 0 Å². The molecule has 0 fully saturated rings. The number of anilines is 1. The molecule has 0 spiro atoms. The first-order valence-electron chi connectivity index (χ1n) is 8.65. The van der Waals surface area contributed by atoms with E-state index in [2.05, 4.69) is 5.16 Å². The molecule has 0 heterocycles. The van der Waals surface area contributed by atoms with E-state index in [1.54, 1.807) is 6.92 Å². The topological polar surface area (TPSA) is 67.8 Å². The second kappa shape index (κ2) is 8.77. The third kappa shape index (κ3) is 6.12. The Morgan fingerprint density at radius 2 is 1.58 bits per heavy atom. The SMILES string of the molecule is C/C(=N\OCc1ccc(C)cc1C(F)(F)F)c1cc(C)ccc1NS(=O)(=O)C(F)(F)F. The fraction of sp³-hybridized carbons (Fsp3) is 0.316. The maximum Gasteiger partial charge on any atom is 0.516 e. The van der Waals surface area contributed by atoms with Gasteiger partial charge in [-0.2, -0.15) is 34.8 Å². The molecule has 0 bridgehead atoms. The third-order valence-corrected chi connectivity index (χ3v) is 5.20. The molecule has 0 radical (unpaired) electrons. The number of oxime groups is 1. The normalized spacial score (nSPS) is 13.3. The number of hydrogen-bond acceptors (Lipinski definition) is 4. The molecule has 2 aromatic carbocycles. The number of sulfonamides is 1. The largest absolute Gasteiger partial charge is 0.516 e. The van der Waals surface area contributed by atoms with Crippen molar-refractivity contribution in [1.29, 1.82) is 0 Å². The van der Waals surface area contributed by atoms with Crippen LogP contribution < -0.4 is 4.72 Å². The lowest BCUT2D eigenvalue weighted by Gasteiger charge is -2.15. The Morgan fingerprint density at radius 3 is 2.16 bits per heavy atom. The minimum Gasteiger partial charge on any atom is -0.391 e. The van der Waals surface area contributed by atoms with Crippen LogP contribution in [0.3, 0.4) is 0 Å². The van der Waals surface area contributed by atoms with Gasteiger partial charge in [-0.05, 0) is 39.0 Å². The molecule has 5 nitrogen and oxygen atoms in total. The molecular weight excluding hydrogens is 450 g/mol.